The van der Waals surface area contributed by atoms with Crippen molar-refractivity contribution in [1.82, 2.24) is 0 Å². The molecule has 0 aliphatic rings. The van der Waals surface area contributed by atoms with E-state index in [4.69, 9.17) is 28.3 Å². The zero-order valence-electron chi connectivity index (χ0n) is 9.36. The highest BCUT2D eigenvalue weighted by Crippen LogP contribution is 2.28. The molecule has 0 saturated carbocycles. The molecule has 4 heteroatoms. The van der Waals surface area contributed by atoms with Crippen LogP contribution in [0.5, 0.6) is 0 Å². The number of benzene rings is 2. The number of halogens is 2. The van der Waals surface area contributed by atoms with Crippen LogP contribution in [-0.2, 0) is 11.2 Å². The lowest BCUT2D eigenvalue weighted by Crippen LogP contribution is -1.99. The summed E-state index contributed by atoms with van der Waals surface area (Å²) < 4.78 is 0. The number of hydrogen-bond acceptors (Lipinski definition) is 1. The van der Waals surface area contributed by atoms with Crippen LogP contribution in [0.25, 0.3) is 11.1 Å². The van der Waals surface area contributed by atoms with Gasteiger partial charge in [0.05, 0.1) is 16.5 Å². The summed E-state index contributed by atoms with van der Waals surface area (Å²) in [5.74, 6) is -0.846. The molecule has 18 heavy (non-hydrogen) atoms. The van der Waals surface area contributed by atoms with Gasteiger partial charge < -0.3 is 5.11 Å². The number of aliphatic carboxylic acids is 1. The first-order valence-corrected chi connectivity index (χ1v) is 6.08. The molecule has 0 aliphatic heterocycles. The maximum Gasteiger partial charge on any atom is 0.307 e. The molecule has 0 atom stereocenters. The van der Waals surface area contributed by atoms with Gasteiger partial charge in [0.1, 0.15) is 0 Å². The number of rotatable bonds is 3. The fourth-order valence-corrected chi connectivity index (χ4v) is 2.01. The second-order valence-corrected chi connectivity index (χ2v) is 4.71. The van der Waals surface area contributed by atoms with Gasteiger partial charge in [-0.15, -0.1) is 0 Å². The molecule has 1 N–H and O–H groups in total. The average Bonchev–Trinajstić information content (AvgIpc) is 2.32. The highest BCUT2D eigenvalue weighted by Gasteiger charge is 2.05. The summed E-state index contributed by atoms with van der Waals surface area (Å²) in [4.78, 5) is 10.7. The van der Waals surface area contributed by atoms with Crippen molar-refractivity contribution in [2.45, 2.75) is 6.42 Å². The van der Waals surface area contributed by atoms with Crippen molar-refractivity contribution in [1.29, 1.82) is 0 Å². The van der Waals surface area contributed by atoms with E-state index in [1.807, 2.05) is 24.3 Å². The van der Waals surface area contributed by atoms with E-state index in [0.717, 1.165) is 16.7 Å². The van der Waals surface area contributed by atoms with Gasteiger partial charge in [-0.3, -0.25) is 4.79 Å². The zero-order chi connectivity index (χ0) is 13.1. The van der Waals surface area contributed by atoms with Gasteiger partial charge in [0.25, 0.3) is 0 Å². The Hall–Kier alpha value is -1.51. The van der Waals surface area contributed by atoms with Crippen molar-refractivity contribution in [3.63, 3.8) is 0 Å². The van der Waals surface area contributed by atoms with E-state index in [1.54, 1.807) is 18.2 Å². The van der Waals surface area contributed by atoms with Gasteiger partial charge in [-0.05, 0) is 28.8 Å². The molecular weight excluding hydrogens is 271 g/mol. The van der Waals surface area contributed by atoms with Crippen LogP contribution < -0.4 is 0 Å². The summed E-state index contributed by atoms with van der Waals surface area (Å²) in [5.41, 5.74) is 2.59. The highest BCUT2D eigenvalue weighted by molar-refractivity contribution is 6.42. The van der Waals surface area contributed by atoms with E-state index in [1.165, 1.54) is 0 Å². The predicted octanol–water partition coefficient (Wildman–Crippen LogP) is 4.29. The fourth-order valence-electron chi connectivity index (χ4n) is 1.71. The Balaban J connectivity index is 2.38. The third-order valence-corrected chi connectivity index (χ3v) is 3.27. The smallest absolute Gasteiger partial charge is 0.307 e. The minimum atomic E-state index is -0.846. The Morgan fingerprint density at radius 3 is 2.39 bits per heavy atom. The van der Waals surface area contributed by atoms with Crippen LogP contribution >= 0.6 is 23.2 Å². The molecular formula is C14H10Cl2O2. The largest absolute Gasteiger partial charge is 0.481 e. The molecule has 0 radical (unpaired) electrons. The van der Waals surface area contributed by atoms with Gasteiger partial charge in [0.2, 0.25) is 0 Å². The van der Waals surface area contributed by atoms with Gasteiger partial charge in [-0.2, -0.15) is 0 Å². The normalized spacial score (nSPS) is 10.3. The Morgan fingerprint density at radius 2 is 1.72 bits per heavy atom. The first kappa shape index (κ1) is 12.9. The Bertz CT molecular complexity index is 594. The molecule has 0 unspecified atom stereocenters. The predicted molar refractivity (Wildman–Crippen MR) is 73.2 cm³/mol. The van der Waals surface area contributed by atoms with Crippen LogP contribution in [-0.4, -0.2) is 11.1 Å². The highest BCUT2D eigenvalue weighted by atomic mass is 35.5. The maximum atomic E-state index is 10.7. The first-order chi connectivity index (χ1) is 8.56. The molecule has 2 nitrogen and oxygen atoms in total. The summed E-state index contributed by atoms with van der Waals surface area (Å²) in [6, 6.07) is 12.7. The maximum absolute atomic E-state index is 10.7. The number of carboxylic acids is 1. The molecule has 0 aliphatic carbocycles. The minimum Gasteiger partial charge on any atom is -0.481 e. The van der Waals surface area contributed by atoms with Crippen LogP contribution in [0.3, 0.4) is 0 Å². The third-order valence-electron chi connectivity index (χ3n) is 2.54. The number of hydrogen-bond donors (Lipinski definition) is 1. The van der Waals surface area contributed by atoms with Crippen LogP contribution in [0.15, 0.2) is 42.5 Å². The molecule has 0 bridgehead atoms. The van der Waals surface area contributed by atoms with Gasteiger partial charge in [-0.1, -0.05) is 53.5 Å². The Morgan fingerprint density at radius 1 is 1.00 bits per heavy atom. The van der Waals surface area contributed by atoms with Crippen LogP contribution in [0, 0.1) is 0 Å². The van der Waals surface area contributed by atoms with Crippen molar-refractivity contribution in [3.8, 4) is 11.1 Å². The fraction of sp³-hybridized carbons (Fsp3) is 0.0714. The molecule has 2 aromatic rings. The molecule has 2 rings (SSSR count). The standard InChI is InChI=1S/C14H10Cl2O2/c15-12-5-4-11(8-13(12)16)10-3-1-2-9(6-10)7-14(17)18/h1-6,8H,7H2,(H,17,18). The van der Waals surface area contributed by atoms with Crippen molar-refractivity contribution in [2.75, 3.05) is 0 Å². The first-order valence-electron chi connectivity index (χ1n) is 5.32. The Kier molecular flexibility index (Phi) is 3.90. The van der Waals surface area contributed by atoms with Crippen molar-refractivity contribution in [2.24, 2.45) is 0 Å². The lowest BCUT2D eigenvalue weighted by Gasteiger charge is -2.05. The summed E-state index contributed by atoms with van der Waals surface area (Å²) >= 11 is 11.8. The number of carbonyl (C=O) groups is 1. The third kappa shape index (κ3) is 3.03. The SMILES string of the molecule is O=C(O)Cc1cccc(-c2ccc(Cl)c(Cl)c2)c1. The summed E-state index contributed by atoms with van der Waals surface area (Å²) in [6.07, 6.45) is 0.00909. The lowest BCUT2D eigenvalue weighted by atomic mass is 10.0. The van der Waals surface area contributed by atoms with Crippen molar-refractivity contribution < 1.29 is 9.90 Å². The van der Waals surface area contributed by atoms with Gasteiger partial charge >= 0.3 is 5.97 Å². The summed E-state index contributed by atoms with van der Waals surface area (Å²) in [5, 5.41) is 9.76. The Labute approximate surface area is 115 Å². The van der Waals surface area contributed by atoms with E-state index in [9.17, 15) is 4.79 Å². The van der Waals surface area contributed by atoms with E-state index >= 15 is 0 Å². The van der Waals surface area contributed by atoms with Gasteiger partial charge in [0.15, 0.2) is 0 Å². The van der Waals surface area contributed by atoms with Gasteiger partial charge in [0, 0.05) is 0 Å². The molecule has 92 valence electrons. The van der Waals surface area contributed by atoms with E-state index in [0.29, 0.717) is 10.0 Å². The lowest BCUT2D eigenvalue weighted by molar-refractivity contribution is -0.136. The van der Waals surface area contributed by atoms with E-state index < -0.39 is 5.97 Å². The second-order valence-electron chi connectivity index (χ2n) is 3.90. The molecule has 0 heterocycles. The average molecular weight is 281 g/mol. The summed E-state index contributed by atoms with van der Waals surface area (Å²) in [7, 11) is 0. The molecule has 2 aromatic carbocycles. The second kappa shape index (κ2) is 5.42. The van der Waals surface area contributed by atoms with Crippen LogP contribution in [0.1, 0.15) is 5.56 Å². The molecule has 0 fully saturated rings. The quantitative estimate of drug-likeness (QED) is 0.911. The molecule has 0 amide bonds. The van der Waals surface area contributed by atoms with E-state index in [2.05, 4.69) is 0 Å². The number of carboxylic acid groups (broad SMARTS) is 1. The van der Waals surface area contributed by atoms with Crippen LogP contribution in [0.4, 0.5) is 0 Å². The van der Waals surface area contributed by atoms with Crippen molar-refractivity contribution >= 4 is 29.2 Å². The molecule has 0 saturated heterocycles. The molecule has 0 spiro atoms. The van der Waals surface area contributed by atoms with Crippen molar-refractivity contribution in [3.05, 3.63) is 58.1 Å². The monoisotopic (exact) mass is 280 g/mol. The topological polar surface area (TPSA) is 37.3 Å². The van der Waals surface area contributed by atoms with E-state index in [-0.39, 0.29) is 6.42 Å². The zero-order valence-corrected chi connectivity index (χ0v) is 10.9. The van der Waals surface area contributed by atoms with Gasteiger partial charge in [-0.25, -0.2) is 0 Å². The van der Waals surface area contributed by atoms with Crippen LogP contribution in [0.2, 0.25) is 10.0 Å². The minimum absolute atomic E-state index is 0.00909. The summed E-state index contributed by atoms with van der Waals surface area (Å²) in [6.45, 7) is 0. The molecule has 0 aromatic heterocycles.